The molecule has 0 saturated carbocycles. The number of imide groups is 1. The fourth-order valence-corrected chi connectivity index (χ4v) is 1.90. The lowest BCUT2D eigenvalue weighted by Crippen LogP contribution is -2.31. The van der Waals surface area contributed by atoms with E-state index in [1.165, 1.54) is 0 Å². The van der Waals surface area contributed by atoms with Crippen molar-refractivity contribution < 1.29 is 14.4 Å². The summed E-state index contributed by atoms with van der Waals surface area (Å²) >= 11 is 0. The summed E-state index contributed by atoms with van der Waals surface area (Å²) < 4.78 is 0. The van der Waals surface area contributed by atoms with Crippen LogP contribution in [0.1, 0.15) is 29.8 Å². The maximum atomic E-state index is 11.8. The van der Waals surface area contributed by atoms with Crippen LogP contribution in [0.3, 0.4) is 0 Å². The first-order valence-corrected chi connectivity index (χ1v) is 6.45. The molecule has 2 N–H and O–H groups in total. The van der Waals surface area contributed by atoms with Crippen molar-refractivity contribution in [3.63, 3.8) is 0 Å². The minimum absolute atomic E-state index is 0.0493. The molecule has 1 aliphatic heterocycles. The molecule has 1 heterocycles. The highest BCUT2D eigenvalue weighted by Crippen LogP contribution is 2.10. The van der Waals surface area contributed by atoms with Gasteiger partial charge < -0.3 is 10.6 Å². The van der Waals surface area contributed by atoms with Crippen LogP contribution in [-0.4, -0.2) is 35.3 Å². The molecule has 1 aliphatic rings. The van der Waals surface area contributed by atoms with Crippen LogP contribution in [-0.2, 0) is 11.3 Å². The van der Waals surface area contributed by atoms with Gasteiger partial charge in [-0.3, -0.25) is 14.5 Å². The van der Waals surface area contributed by atoms with E-state index in [9.17, 15) is 14.4 Å². The molecule has 0 atom stereocenters. The van der Waals surface area contributed by atoms with Gasteiger partial charge in [-0.1, -0.05) is 12.1 Å². The van der Waals surface area contributed by atoms with E-state index >= 15 is 0 Å². The molecule has 0 spiro atoms. The quantitative estimate of drug-likeness (QED) is 0.801. The second-order valence-electron chi connectivity index (χ2n) is 4.96. The monoisotopic (exact) mass is 275 g/mol. The lowest BCUT2D eigenvalue weighted by molar-refractivity contribution is -0.125. The molecule has 0 aromatic heterocycles. The molecule has 6 nitrogen and oxygen atoms in total. The molecule has 6 heteroatoms. The van der Waals surface area contributed by atoms with Crippen LogP contribution in [0, 0.1) is 0 Å². The van der Waals surface area contributed by atoms with Crippen LogP contribution in [0.2, 0.25) is 0 Å². The SMILES string of the molecule is CC(C)NC(=O)c1ccc(CN2C(=O)CNC2=O)cc1. The number of carbonyl (C=O) groups is 3. The number of nitrogens with one attached hydrogen (secondary N) is 2. The first-order chi connectivity index (χ1) is 9.47. The highest BCUT2D eigenvalue weighted by Gasteiger charge is 2.28. The topological polar surface area (TPSA) is 78.5 Å². The molecule has 4 amide bonds. The third-order valence-corrected chi connectivity index (χ3v) is 2.91. The molecular weight excluding hydrogens is 258 g/mol. The number of amides is 4. The van der Waals surface area contributed by atoms with Gasteiger partial charge in [-0.2, -0.15) is 0 Å². The molecule has 2 rings (SSSR count). The van der Waals surface area contributed by atoms with E-state index in [1.807, 2.05) is 13.8 Å². The third-order valence-electron chi connectivity index (χ3n) is 2.91. The van der Waals surface area contributed by atoms with Crippen LogP contribution in [0.15, 0.2) is 24.3 Å². The highest BCUT2D eigenvalue weighted by molar-refractivity contribution is 6.01. The van der Waals surface area contributed by atoms with Gasteiger partial charge in [0.1, 0.15) is 0 Å². The summed E-state index contributed by atoms with van der Waals surface area (Å²) in [7, 11) is 0. The van der Waals surface area contributed by atoms with Crippen molar-refractivity contribution in [2.24, 2.45) is 0 Å². The van der Waals surface area contributed by atoms with E-state index in [-0.39, 0.29) is 37.0 Å². The number of carbonyl (C=O) groups excluding carboxylic acids is 3. The lowest BCUT2D eigenvalue weighted by atomic mass is 10.1. The zero-order chi connectivity index (χ0) is 14.7. The zero-order valence-corrected chi connectivity index (χ0v) is 11.5. The summed E-state index contributed by atoms with van der Waals surface area (Å²) in [5.41, 5.74) is 1.36. The summed E-state index contributed by atoms with van der Waals surface area (Å²) in [6.45, 7) is 4.05. The fraction of sp³-hybridized carbons (Fsp3) is 0.357. The first-order valence-electron chi connectivity index (χ1n) is 6.45. The van der Waals surface area contributed by atoms with Crippen LogP contribution in [0.5, 0.6) is 0 Å². The first kappa shape index (κ1) is 14.0. The maximum Gasteiger partial charge on any atom is 0.324 e. The summed E-state index contributed by atoms with van der Waals surface area (Å²) in [6.07, 6.45) is 0. The predicted octanol–water partition coefficient (Wildman–Crippen LogP) is 0.877. The second kappa shape index (κ2) is 5.73. The average Bonchev–Trinajstić information content (AvgIpc) is 2.70. The molecular formula is C14H17N3O3. The largest absolute Gasteiger partial charge is 0.350 e. The minimum atomic E-state index is -0.378. The number of hydrogen-bond donors (Lipinski definition) is 2. The van der Waals surface area contributed by atoms with Crippen molar-refractivity contribution in [3.05, 3.63) is 35.4 Å². The summed E-state index contributed by atoms with van der Waals surface area (Å²) in [5.74, 6) is -0.377. The van der Waals surface area contributed by atoms with Gasteiger partial charge in [0.2, 0.25) is 5.91 Å². The van der Waals surface area contributed by atoms with E-state index in [0.717, 1.165) is 10.5 Å². The van der Waals surface area contributed by atoms with Crippen molar-refractivity contribution >= 4 is 17.8 Å². The Morgan fingerprint density at radius 2 is 1.95 bits per heavy atom. The van der Waals surface area contributed by atoms with Crippen molar-refractivity contribution in [1.82, 2.24) is 15.5 Å². The lowest BCUT2D eigenvalue weighted by Gasteiger charge is -2.13. The highest BCUT2D eigenvalue weighted by atomic mass is 16.2. The van der Waals surface area contributed by atoms with Gasteiger partial charge in [0, 0.05) is 11.6 Å². The van der Waals surface area contributed by atoms with Crippen molar-refractivity contribution in [2.75, 3.05) is 6.54 Å². The Bertz CT molecular complexity index is 521. The molecule has 0 unspecified atom stereocenters. The zero-order valence-electron chi connectivity index (χ0n) is 11.5. The molecule has 0 radical (unpaired) electrons. The second-order valence-corrected chi connectivity index (χ2v) is 4.96. The normalized spacial score (nSPS) is 14.7. The van der Waals surface area contributed by atoms with E-state index in [1.54, 1.807) is 24.3 Å². The Kier molecular flexibility index (Phi) is 4.02. The summed E-state index contributed by atoms with van der Waals surface area (Å²) in [5, 5.41) is 5.26. The van der Waals surface area contributed by atoms with E-state index in [4.69, 9.17) is 0 Å². The van der Waals surface area contributed by atoms with Crippen LogP contribution in [0.4, 0.5) is 4.79 Å². The van der Waals surface area contributed by atoms with Gasteiger partial charge in [0.15, 0.2) is 0 Å². The van der Waals surface area contributed by atoms with Crippen LogP contribution in [0.25, 0.3) is 0 Å². The summed E-state index contributed by atoms with van der Waals surface area (Å²) in [6, 6.07) is 6.56. The standard InChI is InChI=1S/C14H17N3O3/c1-9(2)16-13(19)11-5-3-10(4-6-11)8-17-12(18)7-15-14(17)20/h3-6,9H,7-8H2,1-2H3,(H,15,20)(H,16,19). The van der Waals surface area contributed by atoms with Gasteiger partial charge in [-0.25, -0.2) is 4.79 Å². The van der Waals surface area contributed by atoms with E-state index in [2.05, 4.69) is 10.6 Å². The van der Waals surface area contributed by atoms with E-state index < -0.39 is 0 Å². The van der Waals surface area contributed by atoms with Gasteiger partial charge in [-0.15, -0.1) is 0 Å². The third kappa shape index (κ3) is 3.14. The van der Waals surface area contributed by atoms with Crippen molar-refractivity contribution in [2.45, 2.75) is 26.4 Å². The average molecular weight is 275 g/mol. The smallest absolute Gasteiger partial charge is 0.324 e. The van der Waals surface area contributed by atoms with Gasteiger partial charge in [0.25, 0.3) is 5.91 Å². The molecule has 1 aromatic carbocycles. The molecule has 0 aliphatic carbocycles. The Labute approximate surface area is 117 Å². The fourth-order valence-electron chi connectivity index (χ4n) is 1.90. The van der Waals surface area contributed by atoms with Crippen molar-refractivity contribution in [3.8, 4) is 0 Å². The van der Waals surface area contributed by atoms with Crippen LogP contribution >= 0.6 is 0 Å². The number of nitrogens with zero attached hydrogens (tertiary/aromatic N) is 1. The van der Waals surface area contributed by atoms with E-state index in [0.29, 0.717) is 5.56 Å². The maximum absolute atomic E-state index is 11.8. The van der Waals surface area contributed by atoms with Gasteiger partial charge in [0.05, 0.1) is 13.1 Å². The minimum Gasteiger partial charge on any atom is -0.350 e. The molecule has 1 saturated heterocycles. The Morgan fingerprint density at radius 1 is 1.30 bits per heavy atom. The van der Waals surface area contributed by atoms with Gasteiger partial charge in [-0.05, 0) is 31.5 Å². The number of urea groups is 1. The molecule has 20 heavy (non-hydrogen) atoms. The predicted molar refractivity (Wildman–Crippen MR) is 73.0 cm³/mol. The number of hydrogen-bond acceptors (Lipinski definition) is 3. The molecule has 106 valence electrons. The summed E-state index contributed by atoms with van der Waals surface area (Å²) in [4.78, 5) is 35.8. The Balaban J connectivity index is 2.03. The number of benzene rings is 1. The molecule has 1 fully saturated rings. The van der Waals surface area contributed by atoms with Crippen LogP contribution < -0.4 is 10.6 Å². The Morgan fingerprint density at radius 3 is 2.45 bits per heavy atom. The van der Waals surface area contributed by atoms with Crippen molar-refractivity contribution in [1.29, 1.82) is 0 Å². The van der Waals surface area contributed by atoms with Gasteiger partial charge >= 0.3 is 6.03 Å². The molecule has 0 bridgehead atoms. The molecule has 1 aromatic rings. The number of rotatable bonds is 4. The Hall–Kier alpha value is -2.37.